The maximum Gasteiger partial charge on any atom is 0.126 e. The molecule has 3 rings (SSSR count). The van der Waals surface area contributed by atoms with Gasteiger partial charge in [0.2, 0.25) is 0 Å². The molecule has 5 nitrogen and oxygen atoms in total. The van der Waals surface area contributed by atoms with Crippen LogP contribution in [0.1, 0.15) is 5.56 Å². The van der Waals surface area contributed by atoms with Gasteiger partial charge >= 0.3 is 0 Å². The quantitative estimate of drug-likeness (QED) is 0.702. The molecular weight excluding hydrogens is 238 g/mol. The van der Waals surface area contributed by atoms with E-state index < -0.39 is 0 Å². The number of anilines is 2. The SMILES string of the molecule is Cn1cc(CNc2ccc3cc(N)ccc3n2)cn1. The molecule has 0 fully saturated rings. The summed E-state index contributed by atoms with van der Waals surface area (Å²) in [6, 6.07) is 9.69. The third kappa shape index (κ3) is 2.49. The molecule has 3 aromatic rings. The Bertz CT molecular complexity index is 717. The van der Waals surface area contributed by atoms with Crippen LogP contribution in [0.25, 0.3) is 10.9 Å². The molecule has 0 bridgehead atoms. The smallest absolute Gasteiger partial charge is 0.126 e. The minimum Gasteiger partial charge on any atom is -0.399 e. The monoisotopic (exact) mass is 253 g/mol. The average Bonchev–Trinajstić information content (AvgIpc) is 2.82. The third-order valence-electron chi connectivity index (χ3n) is 2.95. The van der Waals surface area contributed by atoms with E-state index in [-0.39, 0.29) is 0 Å². The maximum atomic E-state index is 5.75. The molecule has 3 N–H and O–H groups in total. The van der Waals surface area contributed by atoms with Crippen molar-refractivity contribution in [1.29, 1.82) is 0 Å². The summed E-state index contributed by atoms with van der Waals surface area (Å²) in [5.74, 6) is 0.848. The summed E-state index contributed by atoms with van der Waals surface area (Å²) in [5, 5.41) is 8.46. The lowest BCUT2D eigenvalue weighted by molar-refractivity contribution is 0.767. The van der Waals surface area contributed by atoms with E-state index >= 15 is 0 Å². The largest absolute Gasteiger partial charge is 0.399 e. The molecule has 5 heteroatoms. The number of nitrogen functional groups attached to an aromatic ring is 1. The normalized spacial score (nSPS) is 10.8. The number of benzene rings is 1. The van der Waals surface area contributed by atoms with Gasteiger partial charge in [-0.1, -0.05) is 0 Å². The Morgan fingerprint density at radius 2 is 2.16 bits per heavy atom. The molecule has 0 saturated carbocycles. The molecule has 2 heterocycles. The zero-order chi connectivity index (χ0) is 13.2. The molecule has 19 heavy (non-hydrogen) atoms. The Hall–Kier alpha value is -2.56. The van der Waals surface area contributed by atoms with Gasteiger partial charge < -0.3 is 11.1 Å². The van der Waals surface area contributed by atoms with Crippen LogP contribution >= 0.6 is 0 Å². The van der Waals surface area contributed by atoms with E-state index in [9.17, 15) is 0 Å². The molecule has 0 spiro atoms. The fourth-order valence-electron chi connectivity index (χ4n) is 2.00. The highest BCUT2D eigenvalue weighted by molar-refractivity contribution is 5.83. The van der Waals surface area contributed by atoms with Crippen LogP contribution in [-0.2, 0) is 13.6 Å². The van der Waals surface area contributed by atoms with Crippen LogP contribution in [0.15, 0.2) is 42.7 Å². The van der Waals surface area contributed by atoms with Gasteiger partial charge in [0.15, 0.2) is 0 Å². The maximum absolute atomic E-state index is 5.75. The predicted octanol–water partition coefficient (Wildman–Crippen LogP) is 2.16. The summed E-state index contributed by atoms with van der Waals surface area (Å²) in [5.41, 5.74) is 8.56. The molecule has 2 aromatic heterocycles. The summed E-state index contributed by atoms with van der Waals surface area (Å²) in [7, 11) is 1.90. The summed E-state index contributed by atoms with van der Waals surface area (Å²) >= 11 is 0. The summed E-state index contributed by atoms with van der Waals surface area (Å²) in [4.78, 5) is 4.54. The van der Waals surface area contributed by atoms with Gasteiger partial charge in [0.05, 0.1) is 11.7 Å². The van der Waals surface area contributed by atoms with Gasteiger partial charge in [-0.05, 0) is 30.3 Å². The Labute approximate surface area is 111 Å². The third-order valence-corrected chi connectivity index (χ3v) is 2.95. The van der Waals surface area contributed by atoms with Crippen LogP contribution in [0.2, 0.25) is 0 Å². The van der Waals surface area contributed by atoms with Crippen molar-refractivity contribution in [3.8, 4) is 0 Å². The summed E-state index contributed by atoms with van der Waals surface area (Å²) in [6.45, 7) is 0.710. The van der Waals surface area contributed by atoms with Crippen LogP contribution in [0.3, 0.4) is 0 Å². The molecule has 0 radical (unpaired) electrons. The molecule has 96 valence electrons. The topological polar surface area (TPSA) is 68.8 Å². The first-order valence-electron chi connectivity index (χ1n) is 6.08. The van der Waals surface area contributed by atoms with E-state index in [2.05, 4.69) is 15.4 Å². The highest BCUT2D eigenvalue weighted by Crippen LogP contribution is 2.18. The van der Waals surface area contributed by atoms with Gasteiger partial charge in [-0.25, -0.2) is 4.98 Å². The predicted molar refractivity (Wildman–Crippen MR) is 76.7 cm³/mol. The Morgan fingerprint density at radius 1 is 1.26 bits per heavy atom. The van der Waals surface area contributed by atoms with Crippen molar-refractivity contribution in [3.05, 3.63) is 48.3 Å². The van der Waals surface area contributed by atoms with Crippen LogP contribution in [0, 0.1) is 0 Å². The van der Waals surface area contributed by atoms with Gasteiger partial charge in [-0.2, -0.15) is 5.10 Å². The minimum absolute atomic E-state index is 0.710. The van der Waals surface area contributed by atoms with Gasteiger partial charge in [-0.15, -0.1) is 0 Å². The van der Waals surface area contributed by atoms with E-state index in [4.69, 9.17) is 5.73 Å². The Balaban J connectivity index is 1.79. The Morgan fingerprint density at radius 3 is 2.95 bits per heavy atom. The lowest BCUT2D eigenvalue weighted by Gasteiger charge is -2.05. The molecule has 0 amide bonds. The van der Waals surface area contributed by atoms with Crippen molar-refractivity contribution in [2.45, 2.75) is 6.54 Å². The summed E-state index contributed by atoms with van der Waals surface area (Å²) in [6.07, 6.45) is 3.82. The van der Waals surface area contributed by atoms with Gasteiger partial charge in [0.25, 0.3) is 0 Å². The number of nitrogens with zero attached hydrogens (tertiary/aromatic N) is 3. The molecular formula is C14H15N5. The van der Waals surface area contributed by atoms with Crippen molar-refractivity contribution in [2.75, 3.05) is 11.1 Å². The molecule has 0 unspecified atom stereocenters. The van der Waals surface area contributed by atoms with Crippen LogP contribution in [-0.4, -0.2) is 14.8 Å². The number of nitrogens with one attached hydrogen (secondary N) is 1. The van der Waals surface area contributed by atoms with E-state index in [0.29, 0.717) is 6.54 Å². The fourth-order valence-corrected chi connectivity index (χ4v) is 2.00. The average molecular weight is 253 g/mol. The number of nitrogens with two attached hydrogens (primary N) is 1. The molecule has 0 atom stereocenters. The number of hydrogen-bond acceptors (Lipinski definition) is 4. The number of aromatic nitrogens is 3. The van der Waals surface area contributed by atoms with Crippen LogP contribution < -0.4 is 11.1 Å². The number of hydrogen-bond donors (Lipinski definition) is 2. The minimum atomic E-state index is 0.710. The van der Waals surface area contributed by atoms with Crippen LogP contribution in [0.4, 0.5) is 11.5 Å². The van der Waals surface area contributed by atoms with Gasteiger partial charge in [0, 0.05) is 36.4 Å². The van der Waals surface area contributed by atoms with Crippen LogP contribution in [0.5, 0.6) is 0 Å². The fraction of sp³-hybridized carbons (Fsp3) is 0.143. The second-order valence-electron chi connectivity index (χ2n) is 4.52. The second kappa shape index (κ2) is 4.61. The first-order chi connectivity index (χ1) is 9.20. The van der Waals surface area contributed by atoms with Gasteiger partial charge in [0.1, 0.15) is 5.82 Å². The molecule has 0 aliphatic carbocycles. The molecule has 1 aromatic carbocycles. The van der Waals surface area contributed by atoms with E-state index in [1.807, 2.05) is 49.8 Å². The lowest BCUT2D eigenvalue weighted by Crippen LogP contribution is -2.00. The van der Waals surface area contributed by atoms with E-state index in [1.165, 1.54) is 0 Å². The molecule has 0 aliphatic heterocycles. The number of aryl methyl sites for hydroxylation is 1. The van der Waals surface area contributed by atoms with Crippen molar-refractivity contribution in [3.63, 3.8) is 0 Å². The zero-order valence-corrected chi connectivity index (χ0v) is 10.7. The number of fused-ring (bicyclic) bond motifs is 1. The standard InChI is InChI=1S/C14H15N5/c1-19-9-10(8-17-19)7-16-14-5-2-11-6-12(15)3-4-13(11)18-14/h2-6,8-9H,7,15H2,1H3,(H,16,18). The molecule has 0 aliphatic rings. The Kier molecular flexibility index (Phi) is 2.79. The first-order valence-corrected chi connectivity index (χ1v) is 6.08. The van der Waals surface area contributed by atoms with Crippen molar-refractivity contribution in [2.24, 2.45) is 7.05 Å². The molecule has 0 saturated heterocycles. The van der Waals surface area contributed by atoms with E-state index in [1.54, 1.807) is 4.68 Å². The first kappa shape index (κ1) is 11.5. The summed E-state index contributed by atoms with van der Waals surface area (Å²) < 4.78 is 1.79. The van der Waals surface area contributed by atoms with E-state index in [0.717, 1.165) is 28.0 Å². The lowest BCUT2D eigenvalue weighted by atomic mass is 10.2. The zero-order valence-electron chi connectivity index (χ0n) is 10.7. The van der Waals surface area contributed by atoms with Crippen molar-refractivity contribution >= 4 is 22.4 Å². The highest BCUT2D eigenvalue weighted by Gasteiger charge is 2.00. The van der Waals surface area contributed by atoms with Gasteiger partial charge in [-0.3, -0.25) is 4.68 Å². The second-order valence-corrected chi connectivity index (χ2v) is 4.52. The van der Waals surface area contributed by atoms with Crippen molar-refractivity contribution < 1.29 is 0 Å². The highest BCUT2D eigenvalue weighted by atomic mass is 15.2. The van der Waals surface area contributed by atoms with Crippen molar-refractivity contribution in [1.82, 2.24) is 14.8 Å². The number of pyridine rings is 1. The number of rotatable bonds is 3.